The minimum absolute atomic E-state index is 0.331. The third kappa shape index (κ3) is 4.40. The number of carbonyl (C=O) groups is 2. The first-order valence-electron chi connectivity index (χ1n) is 5.44. The van der Waals surface area contributed by atoms with Crippen molar-refractivity contribution in [3.63, 3.8) is 0 Å². The second kappa shape index (κ2) is 5.81. The van der Waals surface area contributed by atoms with Gasteiger partial charge in [0.2, 0.25) is 5.91 Å². The van der Waals surface area contributed by atoms with Gasteiger partial charge in [0.05, 0.1) is 11.5 Å². The Morgan fingerprint density at radius 3 is 2.28 bits per heavy atom. The Bertz CT molecular complexity index is 327. The van der Waals surface area contributed by atoms with Crippen LogP contribution < -0.4 is 5.32 Å². The molecule has 104 valence electrons. The van der Waals surface area contributed by atoms with E-state index >= 15 is 0 Å². The van der Waals surface area contributed by atoms with Crippen LogP contribution in [0, 0.1) is 0 Å². The van der Waals surface area contributed by atoms with E-state index in [0.29, 0.717) is 37.4 Å². The van der Waals surface area contributed by atoms with E-state index < -0.39 is 29.3 Å². The van der Waals surface area contributed by atoms with Crippen LogP contribution in [0.3, 0.4) is 0 Å². The molecule has 1 aliphatic carbocycles. The average Bonchev–Trinajstić information content (AvgIpc) is 2.65. The summed E-state index contributed by atoms with van der Waals surface area (Å²) in [6.45, 7) is 0. The maximum atomic E-state index is 11.9. The lowest BCUT2D eigenvalue weighted by atomic mass is 9.98. The van der Waals surface area contributed by atoms with Gasteiger partial charge in [-0.15, -0.1) is 11.8 Å². The van der Waals surface area contributed by atoms with Crippen LogP contribution in [0.5, 0.6) is 0 Å². The van der Waals surface area contributed by atoms with Crippen molar-refractivity contribution in [3.05, 3.63) is 0 Å². The molecule has 0 aliphatic heterocycles. The fraction of sp³-hybridized carbons (Fsp3) is 0.800. The molecule has 8 heteroatoms. The lowest BCUT2D eigenvalue weighted by Gasteiger charge is -2.25. The maximum absolute atomic E-state index is 11.9. The number of aliphatic carboxylic acids is 1. The summed E-state index contributed by atoms with van der Waals surface area (Å²) in [4.78, 5) is 22.5. The molecule has 1 amide bonds. The molecule has 0 spiro atoms. The molecule has 1 saturated carbocycles. The Hall–Kier alpha value is -0.920. The molecule has 0 aromatic carbocycles. The van der Waals surface area contributed by atoms with Gasteiger partial charge in [-0.2, -0.15) is 13.2 Å². The molecule has 2 N–H and O–H groups in total. The lowest BCUT2D eigenvalue weighted by Crippen LogP contribution is -2.53. The van der Waals surface area contributed by atoms with Crippen LogP contribution >= 0.6 is 11.8 Å². The summed E-state index contributed by atoms with van der Waals surface area (Å²) >= 11 is 0.432. The quantitative estimate of drug-likeness (QED) is 0.808. The molecular formula is C10H14F3NO3S. The maximum Gasteiger partial charge on any atom is 0.397 e. The number of nitrogens with one attached hydrogen (secondary N) is 1. The van der Waals surface area contributed by atoms with Gasteiger partial charge in [-0.1, -0.05) is 12.8 Å². The van der Waals surface area contributed by atoms with Crippen molar-refractivity contribution in [1.82, 2.24) is 5.32 Å². The van der Waals surface area contributed by atoms with E-state index in [4.69, 9.17) is 5.11 Å². The number of thioether (sulfide) groups is 1. The van der Waals surface area contributed by atoms with Crippen molar-refractivity contribution in [2.45, 2.75) is 37.4 Å². The highest BCUT2D eigenvalue weighted by atomic mass is 32.2. The molecule has 0 saturated heterocycles. The third-order valence-electron chi connectivity index (χ3n) is 2.74. The van der Waals surface area contributed by atoms with Gasteiger partial charge in [0.15, 0.2) is 0 Å². The first-order chi connectivity index (χ1) is 8.25. The van der Waals surface area contributed by atoms with E-state index in [0.717, 1.165) is 0 Å². The number of alkyl halides is 3. The molecule has 1 aliphatic rings. The van der Waals surface area contributed by atoms with Gasteiger partial charge in [-0.05, 0) is 12.8 Å². The largest absolute Gasteiger partial charge is 0.480 e. The minimum Gasteiger partial charge on any atom is -0.480 e. The van der Waals surface area contributed by atoms with Gasteiger partial charge >= 0.3 is 12.1 Å². The first-order valence-corrected chi connectivity index (χ1v) is 6.60. The Morgan fingerprint density at radius 2 is 1.83 bits per heavy atom. The number of carbonyl (C=O) groups excluding carboxylic acids is 1. The third-order valence-corrected chi connectivity index (χ3v) is 3.74. The molecule has 0 bridgehead atoms. The van der Waals surface area contributed by atoms with E-state index in [1.807, 2.05) is 0 Å². The van der Waals surface area contributed by atoms with E-state index in [2.05, 4.69) is 5.32 Å². The van der Waals surface area contributed by atoms with Crippen LogP contribution in [-0.4, -0.2) is 40.2 Å². The number of hydrogen-bond acceptors (Lipinski definition) is 3. The molecular weight excluding hydrogens is 271 g/mol. The molecule has 1 rings (SSSR count). The fourth-order valence-corrected chi connectivity index (χ4v) is 2.52. The van der Waals surface area contributed by atoms with Gasteiger partial charge < -0.3 is 10.4 Å². The summed E-state index contributed by atoms with van der Waals surface area (Å²) in [6.07, 6.45) is -2.26. The van der Waals surface area contributed by atoms with E-state index in [-0.39, 0.29) is 5.75 Å². The normalized spacial score (nSPS) is 18.6. The smallest absolute Gasteiger partial charge is 0.397 e. The molecule has 18 heavy (non-hydrogen) atoms. The zero-order chi connectivity index (χ0) is 13.8. The number of amides is 1. The first kappa shape index (κ1) is 15.1. The van der Waals surface area contributed by atoms with Crippen LogP contribution in [0.2, 0.25) is 0 Å². The Labute approximate surface area is 106 Å². The van der Waals surface area contributed by atoms with Gasteiger partial charge in [-0.25, -0.2) is 4.79 Å². The summed E-state index contributed by atoms with van der Waals surface area (Å²) < 4.78 is 35.6. The van der Waals surface area contributed by atoms with Gasteiger partial charge in [0.1, 0.15) is 5.54 Å². The molecule has 0 atom stereocenters. The summed E-state index contributed by atoms with van der Waals surface area (Å²) in [6, 6.07) is 0. The summed E-state index contributed by atoms with van der Waals surface area (Å²) in [7, 11) is 0. The van der Waals surface area contributed by atoms with Crippen LogP contribution in [0.1, 0.15) is 25.7 Å². The van der Waals surface area contributed by atoms with Crippen LogP contribution in [0.25, 0.3) is 0 Å². The molecule has 4 nitrogen and oxygen atoms in total. The highest BCUT2D eigenvalue weighted by Crippen LogP contribution is 2.30. The summed E-state index contributed by atoms with van der Waals surface area (Å²) in [5.41, 5.74) is -1.28. The number of carboxylic acid groups (broad SMARTS) is 1. The predicted octanol–water partition coefficient (Wildman–Crippen LogP) is 1.80. The Balaban J connectivity index is 2.41. The second-order valence-electron chi connectivity index (χ2n) is 4.25. The molecule has 0 aromatic heterocycles. The Morgan fingerprint density at radius 1 is 1.28 bits per heavy atom. The lowest BCUT2D eigenvalue weighted by molar-refractivity contribution is -0.147. The summed E-state index contributed by atoms with van der Waals surface area (Å²) in [5.74, 6) is -3.27. The van der Waals surface area contributed by atoms with Crippen molar-refractivity contribution in [2.75, 3.05) is 11.5 Å². The zero-order valence-corrected chi connectivity index (χ0v) is 10.4. The van der Waals surface area contributed by atoms with E-state index in [1.165, 1.54) is 0 Å². The Kier molecular flexibility index (Phi) is 4.89. The SMILES string of the molecule is O=C(CSCC(F)(F)F)NC1(C(=O)O)CCCC1. The monoisotopic (exact) mass is 285 g/mol. The fourth-order valence-electron chi connectivity index (χ4n) is 1.93. The number of carboxylic acids is 1. The van der Waals surface area contributed by atoms with Gasteiger partial charge in [0.25, 0.3) is 0 Å². The van der Waals surface area contributed by atoms with Crippen molar-refractivity contribution in [2.24, 2.45) is 0 Å². The van der Waals surface area contributed by atoms with Gasteiger partial charge in [0, 0.05) is 0 Å². The van der Waals surface area contributed by atoms with Crippen LogP contribution in [0.4, 0.5) is 13.2 Å². The summed E-state index contributed by atoms with van der Waals surface area (Å²) in [5, 5.41) is 11.4. The van der Waals surface area contributed by atoms with E-state index in [9.17, 15) is 22.8 Å². The average molecular weight is 285 g/mol. The number of halogens is 3. The van der Waals surface area contributed by atoms with E-state index in [1.54, 1.807) is 0 Å². The molecule has 0 unspecified atom stereocenters. The topological polar surface area (TPSA) is 66.4 Å². The number of hydrogen-bond donors (Lipinski definition) is 2. The number of rotatable bonds is 5. The molecule has 0 aromatic rings. The van der Waals surface area contributed by atoms with Crippen molar-refractivity contribution < 1.29 is 27.9 Å². The highest BCUT2D eigenvalue weighted by molar-refractivity contribution is 8.00. The predicted molar refractivity (Wildman–Crippen MR) is 60.4 cm³/mol. The molecule has 1 fully saturated rings. The van der Waals surface area contributed by atoms with Crippen molar-refractivity contribution in [3.8, 4) is 0 Å². The molecule has 0 heterocycles. The standard InChI is InChI=1S/C10H14F3NO3S/c11-10(12,13)6-18-5-7(15)14-9(8(16)17)3-1-2-4-9/h1-6H2,(H,14,15)(H,16,17). The zero-order valence-electron chi connectivity index (χ0n) is 9.55. The van der Waals surface area contributed by atoms with Crippen molar-refractivity contribution in [1.29, 1.82) is 0 Å². The van der Waals surface area contributed by atoms with Crippen molar-refractivity contribution >= 4 is 23.6 Å². The van der Waals surface area contributed by atoms with Gasteiger partial charge in [-0.3, -0.25) is 4.79 Å². The van der Waals surface area contributed by atoms with Crippen LogP contribution in [0.15, 0.2) is 0 Å². The van der Waals surface area contributed by atoms with Crippen LogP contribution in [-0.2, 0) is 9.59 Å². The highest BCUT2D eigenvalue weighted by Gasteiger charge is 2.42. The minimum atomic E-state index is -4.32. The molecule has 0 radical (unpaired) electrons. The second-order valence-corrected chi connectivity index (χ2v) is 5.24.